The number of nitrogens with zero attached hydrogens (tertiary/aromatic N) is 4. The van der Waals surface area contributed by atoms with Crippen LogP contribution in [0.15, 0.2) is 6.33 Å². The highest BCUT2D eigenvalue weighted by molar-refractivity contribution is 5.89. The van der Waals surface area contributed by atoms with E-state index in [4.69, 9.17) is 0 Å². The van der Waals surface area contributed by atoms with Crippen LogP contribution in [0.1, 0.15) is 32.5 Å². The van der Waals surface area contributed by atoms with Gasteiger partial charge in [0.15, 0.2) is 0 Å². The number of amides is 2. The predicted molar refractivity (Wildman–Crippen MR) is 68.0 cm³/mol. The van der Waals surface area contributed by atoms with E-state index in [0.29, 0.717) is 19.5 Å². The largest absolute Gasteiger partial charge is 0.345 e. The van der Waals surface area contributed by atoms with Crippen LogP contribution < -0.4 is 5.32 Å². The number of carbonyl (C=O) groups excluding carboxylic acids is 2. The molecule has 0 radical (unpaired) electrons. The number of aromatic nitrogens is 3. The minimum absolute atomic E-state index is 0.0723. The molecule has 1 N–H and O–H groups in total. The maximum absolute atomic E-state index is 12.1. The fraction of sp³-hybridized carbons (Fsp3) is 0.667. The summed E-state index contributed by atoms with van der Waals surface area (Å²) in [5.41, 5.74) is 0. The molecule has 2 rings (SSSR count). The van der Waals surface area contributed by atoms with Gasteiger partial charge in [-0.15, -0.1) is 0 Å². The van der Waals surface area contributed by atoms with E-state index in [1.165, 1.54) is 6.33 Å². The van der Waals surface area contributed by atoms with Gasteiger partial charge in [-0.2, -0.15) is 5.10 Å². The van der Waals surface area contributed by atoms with Crippen molar-refractivity contribution in [3.63, 3.8) is 0 Å². The van der Waals surface area contributed by atoms with Crippen LogP contribution in [0, 0.1) is 0 Å². The van der Waals surface area contributed by atoms with Crippen molar-refractivity contribution in [2.45, 2.75) is 45.8 Å². The molecular formula is C12H19N5O2. The van der Waals surface area contributed by atoms with Gasteiger partial charge in [0.25, 0.3) is 0 Å². The number of hydrogen-bond acceptors (Lipinski definition) is 4. The maximum Gasteiger partial charge on any atom is 0.245 e. The molecule has 0 saturated carbocycles. The Morgan fingerprint density at radius 3 is 3.00 bits per heavy atom. The van der Waals surface area contributed by atoms with E-state index in [1.807, 2.05) is 0 Å². The summed E-state index contributed by atoms with van der Waals surface area (Å²) in [5.74, 6) is 0.604. The van der Waals surface area contributed by atoms with Crippen molar-refractivity contribution in [2.75, 3.05) is 6.54 Å². The van der Waals surface area contributed by atoms with Crippen LogP contribution >= 0.6 is 0 Å². The van der Waals surface area contributed by atoms with Crippen molar-refractivity contribution in [2.24, 2.45) is 0 Å². The minimum Gasteiger partial charge on any atom is -0.345 e. The van der Waals surface area contributed by atoms with Gasteiger partial charge in [0.2, 0.25) is 11.8 Å². The van der Waals surface area contributed by atoms with Gasteiger partial charge in [-0.3, -0.25) is 9.59 Å². The van der Waals surface area contributed by atoms with E-state index in [-0.39, 0.29) is 11.8 Å². The second-order valence-corrected chi connectivity index (χ2v) is 4.70. The summed E-state index contributed by atoms with van der Waals surface area (Å²) >= 11 is 0. The summed E-state index contributed by atoms with van der Waals surface area (Å²) in [4.78, 5) is 29.4. The lowest BCUT2D eigenvalue weighted by atomic mass is 10.3. The van der Waals surface area contributed by atoms with Crippen LogP contribution in [0.25, 0.3) is 0 Å². The van der Waals surface area contributed by atoms with Crippen LogP contribution in [0.4, 0.5) is 0 Å². The van der Waals surface area contributed by atoms with Gasteiger partial charge in [0.05, 0.1) is 6.54 Å². The fourth-order valence-electron chi connectivity index (χ4n) is 2.13. The van der Waals surface area contributed by atoms with Gasteiger partial charge in [0.1, 0.15) is 18.2 Å². The number of hydrogen-bond donors (Lipinski definition) is 1. The zero-order chi connectivity index (χ0) is 13.8. The normalized spacial score (nSPS) is 20.3. The number of rotatable bonds is 4. The van der Waals surface area contributed by atoms with Crippen LogP contribution in [0.2, 0.25) is 0 Å². The third-order valence-corrected chi connectivity index (χ3v) is 3.13. The first-order valence-corrected chi connectivity index (χ1v) is 6.56. The summed E-state index contributed by atoms with van der Waals surface area (Å²) < 4.78 is 1.80. The molecule has 2 heterocycles. The summed E-state index contributed by atoms with van der Waals surface area (Å²) in [5, 5.41) is 6.81. The van der Waals surface area contributed by atoms with Crippen molar-refractivity contribution in [3.05, 3.63) is 12.2 Å². The Bertz CT molecular complexity index is 470. The summed E-state index contributed by atoms with van der Waals surface area (Å²) in [6.07, 6.45) is 2.79. The average molecular weight is 265 g/mol. The smallest absolute Gasteiger partial charge is 0.245 e. The van der Waals surface area contributed by atoms with Gasteiger partial charge >= 0.3 is 0 Å². The van der Waals surface area contributed by atoms with E-state index in [9.17, 15) is 9.59 Å². The lowest BCUT2D eigenvalue weighted by molar-refractivity contribution is -0.133. The average Bonchev–Trinajstić information content (AvgIpc) is 2.76. The molecule has 19 heavy (non-hydrogen) atoms. The van der Waals surface area contributed by atoms with Gasteiger partial charge in [-0.25, -0.2) is 9.67 Å². The number of aryl methyl sites for hydroxylation is 1. The van der Waals surface area contributed by atoms with E-state index >= 15 is 0 Å². The molecule has 0 bridgehead atoms. The van der Waals surface area contributed by atoms with E-state index in [2.05, 4.69) is 22.3 Å². The number of nitrogens with one attached hydrogen (secondary N) is 1. The highest BCUT2D eigenvalue weighted by Crippen LogP contribution is 2.08. The van der Waals surface area contributed by atoms with Crippen LogP contribution in [-0.4, -0.2) is 44.1 Å². The van der Waals surface area contributed by atoms with Gasteiger partial charge in [-0.05, 0) is 13.3 Å². The Morgan fingerprint density at radius 1 is 1.47 bits per heavy atom. The quantitative estimate of drug-likeness (QED) is 0.826. The SMILES string of the molecule is CCCn1ncnc1CN1CCC(=O)NC(C)C1=O. The molecule has 7 nitrogen and oxygen atoms in total. The molecule has 0 aromatic carbocycles. The van der Waals surface area contributed by atoms with Crippen LogP contribution in [-0.2, 0) is 22.7 Å². The lowest BCUT2D eigenvalue weighted by Gasteiger charge is -2.21. The van der Waals surface area contributed by atoms with Crippen molar-refractivity contribution >= 4 is 11.8 Å². The Balaban J connectivity index is 2.10. The second kappa shape index (κ2) is 5.81. The monoisotopic (exact) mass is 265 g/mol. The molecule has 1 fully saturated rings. The molecule has 1 aromatic rings. The lowest BCUT2D eigenvalue weighted by Crippen LogP contribution is -2.42. The van der Waals surface area contributed by atoms with Gasteiger partial charge < -0.3 is 10.2 Å². The summed E-state index contributed by atoms with van der Waals surface area (Å²) in [6, 6.07) is -0.474. The molecule has 1 saturated heterocycles. The topological polar surface area (TPSA) is 80.1 Å². The first-order valence-electron chi connectivity index (χ1n) is 6.56. The maximum atomic E-state index is 12.1. The zero-order valence-corrected chi connectivity index (χ0v) is 11.3. The molecule has 1 aromatic heterocycles. The fourth-order valence-corrected chi connectivity index (χ4v) is 2.13. The molecule has 2 amide bonds. The molecule has 1 aliphatic rings. The third kappa shape index (κ3) is 3.10. The van der Waals surface area contributed by atoms with E-state index < -0.39 is 6.04 Å². The van der Waals surface area contributed by atoms with Crippen molar-refractivity contribution < 1.29 is 9.59 Å². The van der Waals surface area contributed by atoms with Crippen LogP contribution in [0.5, 0.6) is 0 Å². The molecule has 7 heteroatoms. The molecule has 1 aliphatic heterocycles. The van der Waals surface area contributed by atoms with Crippen molar-refractivity contribution in [1.29, 1.82) is 0 Å². The Kier molecular flexibility index (Phi) is 4.13. The molecular weight excluding hydrogens is 246 g/mol. The molecule has 1 atom stereocenters. The second-order valence-electron chi connectivity index (χ2n) is 4.70. The minimum atomic E-state index is -0.474. The summed E-state index contributed by atoms with van der Waals surface area (Å²) in [6.45, 7) is 5.37. The molecule has 0 aliphatic carbocycles. The van der Waals surface area contributed by atoms with E-state index in [1.54, 1.807) is 16.5 Å². The third-order valence-electron chi connectivity index (χ3n) is 3.13. The van der Waals surface area contributed by atoms with Crippen LogP contribution in [0.3, 0.4) is 0 Å². The predicted octanol–water partition coefficient (Wildman–Crippen LogP) is -0.0749. The summed E-state index contributed by atoms with van der Waals surface area (Å²) in [7, 11) is 0. The van der Waals surface area contributed by atoms with E-state index in [0.717, 1.165) is 18.8 Å². The first kappa shape index (κ1) is 13.5. The van der Waals surface area contributed by atoms with Gasteiger partial charge in [-0.1, -0.05) is 6.92 Å². The molecule has 0 spiro atoms. The first-order chi connectivity index (χ1) is 9.11. The Morgan fingerprint density at radius 2 is 2.26 bits per heavy atom. The van der Waals surface area contributed by atoms with Crippen molar-refractivity contribution in [3.8, 4) is 0 Å². The standard InChI is InChI=1S/C12H19N5O2/c1-3-5-17-10(13-8-14-17)7-16-6-4-11(18)15-9(2)12(16)19/h8-9H,3-7H2,1-2H3,(H,15,18). The molecule has 1 unspecified atom stereocenters. The van der Waals surface area contributed by atoms with Gasteiger partial charge in [0, 0.05) is 19.5 Å². The number of carbonyl (C=O) groups is 2. The highest BCUT2D eigenvalue weighted by atomic mass is 16.2. The highest BCUT2D eigenvalue weighted by Gasteiger charge is 2.27. The zero-order valence-electron chi connectivity index (χ0n) is 11.3. The van der Waals surface area contributed by atoms with Crippen molar-refractivity contribution in [1.82, 2.24) is 25.0 Å². The Hall–Kier alpha value is -1.92. The molecule has 104 valence electrons. The Labute approximate surface area is 112 Å².